The van der Waals surface area contributed by atoms with Gasteiger partial charge in [0, 0.05) is 88.5 Å². The Balaban J connectivity index is 0.000000171. The number of hydrogen-bond donors (Lipinski definition) is 4. The lowest BCUT2D eigenvalue weighted by atomic mass is 9.82. The molecule has 19 nitrogen and oxygen atoms in total. The van der Waals surface area contributed by atoms with E-state index in [1.54, 1.807) is 73.1 Å². The van der Waals surface area contributed by atoms with Crippen LogP contribution in [0.15, 0.2) is 262 Å². The molecule has 4 atom stereocenters. The number of rotatable bonds is 32. The van der Waals surface area contributed by atoms with Crippen molar-refractivity contribution in [3.63, 3.8) is 0 Å². The molecule has 4 heterocycles. The van der Waals surface area contributed by atoms with Gasteiger partial charge < -0.3 is 43.6 Å². The number of hydrogen-bond acceptors (Lipinski definition) is 18. The maximum Gasteiger partial charge on any atom is 0.263 e. The summed E-state index contributed by atoms with van der Waals surface area (Å²) in [5, 5.41) is 25.6. The van der Waals surface area contributed by atoms with E-state index in [1.807, 2.05) is 45.0 Å². The SMILES string of the molecule is CC1CC(=O)NN=C1c1ccc(CC2=C(Cc3cccc(-c4cccs4)c3)C(=O)CCC2)cc1.CCC(c1ccc(Cc2ccc(Nc3ccc(C(CC)c4ccc(C)c(OC)c4)cc3C(CC)c3ccc(OC)c(OC)c3)cc2)cc1)c1ccc(C)c(OC)c1.COc1cc(Cc2cc(C)nnc2Nc2ccc(S(=O)(=O)Nc3cc(C)on3)cc2)cc(OC)c1C. The number of amides is 1. The van der Waals surface area contributed by atoms with Gasteiger partial charge in [-0.3, -0.25) is 14.3 Å². The quantitative estimate of drug-likeness (QED) is 0.0307. The maximum absolute atomic E-state index is 12.9. The van der Waals surface area contributed by atoms with Crippen molar-refractivity contribution in [2.75, 3.05) is 58.0 Å². The first-order chi connectivity index (χ1) is 61.5. The Kier molecular flexibility index (Phi) is 30.8. The molecule has 1 aliphatic heterocycles. The first-order valence-corrected chi connectivity index (χ1v) is 45.6. The Morgan fingerprint density at radius 3 is 1.67 bits per heavy atom. The van der Waals surface area contributed by atoms with Crippen molar-refractivity contribution in [1.29, 1.82) is 0 Å². The van der Waals surface area contributed by atoms with Gasteiger partial charge in [0.15, 0.2) is 28.9 Å². The van der Waals surface area contributed by atoms with Crippen molar-refractivity contribution in [3.05, 3.63) is 348 Å². The number of aromatic nitrogens is 3. The lowest BCUT2D eigenvalue weighted by Gasteiger charge is -2.25. The van der Waals surface area contributed by atoms with E-state index in [0.717, 1.165) is 141 Å². The predicted molar refractivity (Wildman–Crippen MR) is 510 cm³/mol. The van der Waals surface area contributed by atoms with Crippen molar-refractivity contribution in [3.8, 4) is 44.9 Å². The van der Waals surface area contributed by atoms with E-state index < -0.39 is 10.0 Å². The van der Waals surface area contributed by atoms with Gasteiger partial charge in [0.2, 0.25) is 5.91 Å². The summed E-state index contributed by atoms with van der Waals surface area (Å²) < 4.78 is 66.3. The Hall–Kier alpha value is -13.1. The van der Waals surface area contributed by atoms with Crippen LogP contribution >= 0.6 is 11.3 Å². The van der Waals surface area contributed by atoms with Crippen LogP contribution in [0.3, 0.4) is 0 Å². The van der Waals surface area contributed by atoms with Gasteiger partial charge in [0.1, 0.15) is 28.8 Å². The molecule has 21 heteroatoms. The normalized spacial score (nSPS) is 13.9. The number of sulfonamides is 1. The highest BCUT2D eigenvalue weighted by atomic mass is 32.2. The third-order valence-corrected chi connectivity index (χ3v) is 26.1. The standard InChI is InChI=1S/C52H59NO4.C29H28N2O2S.C25H27N5O5S/c1-10-44(40-19-13-34(4)50(31-40)55-7)38-21-15-36(16-22-38)29-37-17-25-43(26-18-37)53-48-27-23-39(45(11-2)41-20-14-35(5)51(32-41)56-8)30-47(48)46(12-3)42-24-28-49(54-6)52(33-42)57-9;1-19-15-28(33)30-31-29(19)22-12-10-20(11-13-22)16-23-6-3-8-26(32)25(23)18-21-5-2-7-24(17-21)27-9-4-14-34-27;1-15-10-19(12-18-13-22(33-4)17(3)23(14-18)34-5)25(28-27-15)26-20-6-8-21(9-7-20)36(31,32)30-24-11-16(2)35-29-24/h13-28,30-33,44-46,53H,10-12,29H2,1-9H3;2,4-5,7,9-14,17,19H,3,6,8,15-16,18H2,1H3,(H,30,33);6-11,13-14H,12H2,1-5H3,(H,26,28)(H,29,30). The zero-order chi connectivity index (χ0) is 89.8. The fraction of sp³-hybridized carbons (Fsp3) is 0.283. The van der Waals surface area contributed by atoms with Gasteiger partial charge >= 0.3 is 0 Å². The summed E-state index contributed by atoms with van der Waals surface area (Å²) in [6.45, 7) is 18.5. The van der Waals surface area contributed by atoms with Gasteiger partial charge in [0.25, 0.3) is 10.0 Å². The van der Waals surface area contributed by atoms with E-state index in [-0.39, 0.29) is 34.4 Å². The molecule has 15 rings (SSSR count). The molecule has 4 unspecified atom stereocenters. The molecule has 10 aromatic carbocycles. The van der Waals surface area contributed by atoms with Gasteiger partial charge in [-0.1, -0.05) is 172 Å². The molecule has 127 heavy (non-hydrogen) atoms. The number of methoxy groups -OCH3 is 6. The second-order valence-corrected chi connectivity index (χ2v) is 35.1. The first kappa shape index (κ1) is 91.6. The number of allylic oxidation sites excluding steroid dienone is 2. The summed E-state index contributed by atoms with van der Waals surface area (Å²) in [5.74, 6) is 7.05. The molecule has 0 fully saturated rings. The number of nitrogens with zero attached hydrogens (tertiary/aromatic N) is 4. The molecular weight excluding hydrogens is 1630 g/mol. The van der Waals surface area contributed by atoms with Crippen molar-refractivity contribution >= 4 is 67.5 Å². The molecule has 0 spiro atoms. The van der Waals surface area contributed by atoms with Crippen molar-refractivity contribution in [2.24, 2.45) is 11.0 Å². The van der Waals surface area contributed by atoms with Crippen LogP contribution in [0.1, 0.15) is 191 Å². The molecule has 1 aliphatic carbocycles. The van der Waals surface area contributed by atoms with Gasteiger partial charge in [-0.2, -0.15) is 10.2 Å². The van der Waals surface area contributed by atoms with E-state index in [0.29, 0.717) is 54.6 Å². The first-order valence-electron chi connectivity index (χ1n) is 43.3. The number of benzene rings is 10. The molecule has 656 valence electrons. The topological polar surface area (TPSA) is 236 Å². The fourth-order valence-corrected chi connectivity index (χ4v) is 18.6. The molecule has 1 amide bonds. The highest BCUT2D eigenvalue weighted by Crippen LogP contribution is 2.43. The summed E-state index contributed by atoms with van der Waals surface area (Å²) in [4.78, 5) is 25.8. The minimum absolute atomic E-state index is 0.0322. The van der Waals surface area contributed by atoms with Crippen LogP contribution in [-0.2, 0) is 45.3 Å². The molecule has 0 bridgehead atoms. The Morgan fingerprint density at radius 2 is 1.06 bits per heavy atom. The van der Waals surface area contributed by atoms with E-state index in [1.165, 1.54) is 89.8 Å². The van der Waals surface area contributed by atoms with Crippen molar-refractivity contribution in [2.45, 2.75) is 156 Å². The minimum atomic E-state index is -3.81. The van der Waals surface area contributed by atoms with Gasteiger partial charge in [-0.25, -0.2) is 13.8 Å². The van der Waals surface area contributed by atoms with E-state index in [9.17, 15) is 18.0 Å². The maximum atomic E-state index is 12.9. The number of carbonyl (C=O) groups is 2. The second kappa shape index (κ2) is 42.7. The lowest BCUT2D eigenvalue weighted by molar-refractivity contribution is -0.122. The molecule has 0 radical (unpaired) electrons. The van der Waals surface area contributed by atoms with E-state index >= 15 is 0 Å². The Labute approximate surface area is 751 Å². The number of anilines is 5. The van der Waals surface area contributed by atoms with Crippen molar-refractivity contribution < 1.29 is 51.0 Å². The largest absolute Gasteiger partial charge is 0.496 e. The number of Topliss-reactive ketones (excluding diaryl/α,β-unsaturated/α-hetero) is 1. The number of ketones is 1. The van der Waals surface area contributed by atoms with Crippen LogP contribution in [0.2, 0.25) is 0 Å². The molecular formula is C106H114N8O11S2. The van der Waals surface area contributed by atoms with E-state index in [4.69, 9.17) is 32.9 Å². The number of hydrazone groups is 1. The molecule has 3 aromatic heterocycles. The van der Waals surface area contributed by atoms with Gasteiger partial charge in [-0.15, -0.1) is 16.4 Å². The number of carbonyl (C=O) groups excluding carboxylic acids is 2. The zero-order valence-electron chi connectivity index (χ0n) is 75.2. The minimum Gasteiger partial charge on any atom is -0.496 e. The van der Waals surface area contributed by atoms with Crippen LogP contribution in [-0.4, -0.2) is 83.8 Å². The second-order valence-electron chi connectivity index (χ2n) is 32.5. The summed E-state index contributed by atoms with van der Waals surface area (Å²) in [6, 6.07) is 79.3. The van der Waals surface area contributed by atoms with Gasteiger partial charge in [-0.05, 0) is 265 Å². The molecule has 2 aliphatic rings. The van der Waals surface area contributed by atoms with Crippen LogP contribution in [0.25, 0.3) is 10.4 Å². The van der Waals surface area contributed by atoms with Crippen LogP contribution in [0, 0.1) is 40.5 Å². The summed E-state index contributed by atoms with van der Waals surface area (Å²) in [7, 11) is 6.31. The lowest BCUT2D eigenvalue weighted by Crippen LogP contribution is -2.31. The third kappa shape index (κ3) is 23.0. The van der Waals surface area contributed by atoms with Crippen LogP contribution < -0.4 is 49.2 Å². The number of thiophene rings is 1. The van der Waals surface area contributed by atoms with Crippen molar-refractivity contribution in [1.82, 2.24) is 20.8 Å². The Morgan fingerprint density at radius 1 is 0.496 bits per heavy atom. The van der Waals surface area contributed by atoms with Crippen LogP contribution in [0.5, 0.6) is 34.5 Å². The smallest absolute Gasteiger partial charge is 0.263 e. The predicted octanol–water partition coefficient (Wildman–Crippen LogP) is 24.0. The average Bonchev–Trinajstić information content (AvgIpc) is 1.08. The fourth-order valence-electron chi connectivity index (χ4n) is 16.9. The highest BCUT2D eigenvalue weighted by Gasteiger charge is 2.27. The molecule has 4 N–H and O–H groups in total. The monoisotopic (exact) mass is 1740 g/mol. The number of nitrogens with one attached hydrogen (secondary N) is 4. The highest BCUT2D eigenvalue weighted by molar-refractivity contribution is 7.92. The summed E-state index contributed by atoms with van der Waals surface area (Å²) in [6.07, 6.45) is 8.84. The molecule has 0 saturated carbocycles. The van der Waals surface area contributed by atoms with Crippen LogP contribution in [0.4, 0.5) is 28.7 Å². The summed E-state index contributed by atoms with van der Waals surface area (Å²) in [5.41, 5.74) is 29.3. The average molecular weight is 1740 g/mol. The third-order valence-electron chi connectivity index (χ3n) is 23.8. The Bertz CT molecular complexity index is 6140. The number of ether oxygens (including phenoxy) is 6. The van der Waals surface area contributed by atoms with Gasteiger partial charge in [0.05, 0.1) is 59.0 Å². The molecule has 13 aromatic rings. The molecule has 0 saturated heterocycles. The summed E-state index contributed by atoms with van der Waals surface area (Å²) >= 11 is 1.74. The number of aryl methyl sites for hydroxylation is 4. The van der Waals surface area contributed by atoms with E-state index in [2.05, 4.69) is 257 Å². The zero-order valence-corrected chi connectivity index (χ0v) is 76.8.